The summed E-state index contributed by atoms with van der Waals surface area (Å²) in [5.74, 6) is 0.365. The van der Waals surface area contributed by atoms with Crippen molar-refractivity contribution in [2.75, 3.05) is 5.32 Å². The molecule has 10 heteroatoms. The minimum Gasteiger partial charge on any atom is -0.335 e. The van der Waals surface area contributed by atoms with Gasteiger partial charge in [-0.05, 0) is 47.9 Å². The Morgan fingerprint density at radius 1 is 1.05 bits per heavy atom. The lowest BCUT2D eigenvalue weighted by Gasteiger charge is -2.08. The first-order valence-electron chi connectivity index (χ1n) is 12.2. The molecule has 0 atom stereocenters. The highest BCUT2D eigenvalue weighted by Gasteiger charge is 2.18. The van der Waals surface area contributed by atoms with E-state index < -0.39 is 0 Å². The van der Waals surface area contributed by atoms with Crippen molar-refractivity contribution in [2.24, 2.45) is 5.92 Å². The zero-order valence-corrected chi connectivity index (χ0v) is 20.7. The molecule has 0 fully saturated rings. The summed E-state index contributed by atoms with van der Waals surface area (Å²) in [5, 5.41) is 10.4. The highest BCUT2D eigenvalue weighted by atomic mass is 19.1. The fourth-order valence-electron chi connectivity index (χ4n) is 4.38. The van der Waals surface area contributed by atoms with Crippen molar-refractivity contribution in [3.63, 3.8) is 0 Å². The van der Waals surface area contributed by atoms with Crippen LogP contribution in [-0.4, -0.2) is 41.0 Å². The van der Waals surface area contributed by atoms with E-state index in [-0.39, 0.29) is 17.6 Å². The Bertz CT molecular complexity index is 1810. The molecule has 3 N–H and O–H groups in total. The number of benzene rings is 1. The lowest BCUT2D eigenvalue weighted by molar-refractivity contribution is -0.116. The summed E-state index contributed by atoms with van der Waals surface area (Å²) in [5.41, 5.74) is 6.56. The number of pyridine rings is 3. The maximum atomic E-state index is 13.9. The zero-order chi connectivity index (χ0) is 26.2. The summed E-state index contributed by atoms with van der Waals surface area (Å²) in [4.78, 5) is 33.7. The first kappa shape index (κ1) is 23.4. The van der Waals surface area contributed by atoms with Crippen LogP contribution in [0.2, 0.25) is 0 Å². The number of aromatic amines is 2. The number of aromatic nitrogens is 7. The molecule has 0 radical (unpaired) electrons. The maximum absolute atomic E-state index is 13.9. The third-order valence-corrected chi connectivity index (χ3v) is 6.07. The zero-order valence-electron chi connectivity index (χ0n) is 20.7. The maximum Gasteiger partial charge on any atom is 0.224 e. The molecule has 0 bridgehead atoms. The molecule has 0 aliphatic carbocycles. The number of nitrogens with zero attached hydrogens (tertiary/aromatic N) is 5. The second-order valence-corrected chi connectivity index (χ2v) is 9.43. The minimum absolute atomic E-state index is 0.0596. The molecule has 1 amide bonds. The van der Waals surface area contributed by atoms with Crippen molar-refractivity contribution < 1.29 is 9.18 Å². The van der Waals surface area contributed by atoms with Gasteiger partial charge in [0.1, 0.15) is 11.3 Å². The molecule has 0 aliphatic rings. The van der Waals surface area contributed by atoms with Gasteiger partial charge in [0.15, 0.2) is 17.2 Å². The van der Waals surface area contributed by atoms with E-state index in [1.807, 2.05) is 44.2 Å². The number of halogens is 1. The summed E-state index contributed by atoms with van der Waals surface area (Å²) >= 11 is 0. The van der Waals surface area contributed by atoms with Crippen LogP contribution in [0.5, 0.6) is 0 Å². The normalized spacial score (nSPS) is 11.5. The van der Waals surface area contributed by atoms with Crippen LogP contribution in [0.15, 0.2) is 67.1 Å². The van der Waals surface area contributed by atoms with E-state index in [0.717, 1.165) is 16.6 Å². The average Bonchev–Trinajstić information content (AvgIpc) is 3.52. The van der Waals surface area contributed by atoms with Crippen LogP contribution in [0.1, 0.15) is 20.3 Å². The van der Waals surface area contributed by atoms with Gasteiger partial charge in [0, 0.05) is 29.9 Å². The third kappa shape index (κ3) is 4.47. The summed E-state index contributed by atoms with van der Waals surface area (Å²) < 4.78 is 13.9. The van der Waals surface area contributed by atoms with Gasteiger partial charge < -0.3 is 10.3 Å². The van der Waals surface area contributed by atoms with E-state index in [2.05, 4.69) is 35.5 Å². The molecule has 5 aromatic heterocycles. The minimum atomic E-state index is -0.319. The first-order valence-corrected chi connectivity index (χ1v) is 12.2. The standard InChI is InChI=1S/C28H23FN8O/c1-15(2)10-23(38)32-19-12-17(13-30-14-19)21-6-7-22-25(33-21)26(37-36-22)28-34-24-20(8-9-31-27(24)35-28)16-4-3-5-18(29)11-16/h3-9,11-15H,10H2,1-2H3,(H,32,38)(H,36,37)(H,31,34,35). The fraction of sp³-hybridized carbons (Fsp3) is 0.143. The number of hydrogen-bond acceptors (Lipinski definition) is 6. The largest absolute Gasteiger partial charge is 0.335 e. The van der Waals surface area contributed by atoms with E-state index in [9.17, 15) is 9.18 Å². The Labute approximate surface area is 216 Å². The third-order valence-electron chi connectivity index (χ3n) is 6.07. The Kier molecular flexibility index (Phi) is 5.83. The molecule has 1 aromatic carbocycles. The number of carbonyl (C=O) groups is 1. The molecule has 0 spiro atoms. The molecule has 0 aliphatic heterocycles. The number of amides is 1. The Hall–Kier alpha value is -4.99. The molecule has 0 unspecified atom stereocenters. The van der Waals surface area contributed by atoms with Gasteiger partial charge in [-0.1, -0.05) is 26.0 Å². The van der Waals surface area contributed by atoms with Gasteiger partial charge in [-0.25, -0.2) is 19.3 Å². The van der Waals surface area contributed by atoms with Crippen molar-refractivity contribution in [1.29, 1.82) is 0 Å². The van der Waals surface area contributed by atoms with Crippen LogP contribution in [-0.2, 0) is 4.79 Å². The average molecular weight is 507 g/mol. The number of rotatable bonds is 6. The van der Waals surface area contributed by atoms with E-state index in [4.69, 9.17) is 4.98 Å². The van der Waals surface area contributed by atoms with Crippen LogP contribution in [0.4, 0.5) is 10.1 Å². The van der Waals surface area contributed by atoms with Crippen LogP contribution in [0.3, 0.4) is 0 Å². The highest BCUT2D eigenvalue weighted by Crippen LogP contribution is 2.31. The quantitative estimate of drug-likeness (QED) is 0.264. The van der Waals surface area contributed by atoms with Crippen molar-refractivity contribution in [1.82, 2.24) is 35.1 Å². The van der Waals surface area contributed by atoms with Gasteiger partial charge in [0.2, 0.25) is 5.91 Å². The number of anilines is 1. The number of hydrogen-bond donors (Lipinski definition) is 3. The Morgan fingerprint density at radius 2 is 1.95 bits per heavy atom. The van der Waals surface area contributed by atoms with E-state index >= 15 is 0 Å². The molecule has 38 heavy (non-hydrogen) atoms. The molecule has 188 valence electrons. The van der Waals surface area contributed by atoms with E-state index in [1.165, 1.54) is 12.1 Å². The molecular formula is C28H23FN8O. The van der Waals surface area contributed by atoms with Crippen molar-refractivity contribution >= 4 is 33.8 Å². The number of carbonyl (C=O) groups excluding carboxylic acids is 1. The molecule has 9 nitrogen and oxygen atoms in total. The van der Waals surface area contributed by atoms with Crippen LogP contribution >= 0.6 is 0 Å². The monoisotopic (exact) mass is 506 g/mol. The van der Waals surface area contributed by atoms with Gasteiger partial charge in [0.05, 0.1) is 28.6 Å². The summed E-state index contributed by atoms with van der Waals surface area (Å²) in [6, 6.07) is 13.8. The predicted octanol–water partition coefficient (Wildman–Crippen LogP) is 5.75. The van der Waals surface area contributed by atoms with Crippen molar-refractivity contribution in [3.05, 3.63) is 72.9 Å². The van der Waals surface area contributed by atoms with Crippen molar-refractivity contribution in [3.8, 4) is 33.9 Å². The summed E-state index contributed by atoms with van der Waals surface area (Å²) in [6.45, 7) is 3.99. The first-order chi connectivity index (χ1) is 18.4. The molecular weight excluding hydrogens is 483 g/mol. The van der Waals surface area contributed by atoms with Gasteiger partial charge in [-0.3, -0.25) is 14.9 Å². The molecule has 5 heterocycles. The SMILES string of the molecule is CC(C)CC(=O)Nc1cncc(-c2ccc3[nH]nc(-c4nc5nccc(-c6cccc(F)c6)c5[nH]4)c3n2)c1. The summed E-state index contributed by atoms with van der Waals surface area (Å²) in [6.07, 6.45) is 5.38. The van der Waals surface area contributed by atoms with Gasteiger partial charge in [-0.2, -0.15) is 5.10 Å². The lowest BCUT2D eigenvalue weighted by Crippen LogP contribution is -2.14. The molecule has 0 saturated heterocycles. The van der Waals surface area contributed by atoms with Crippen LogP contribution in [0.25, 0.3) is 56.1 Å². The smallest absolute Gasteiger partial charge is 0.224 e. The topological polar surface area (TPSA) is 125 Å². The highest BCUT2D eigenvalue weighted by molar-refractivity contribution is 5.95. The molecule has 0 saturated carbocycles. The Morgan fingerprint density at radius 3 is 2.79 bits per heavy atom. The van der Waals surface area contributed by atoms with Gasteiger partial charge in [-0.15, -0.1) is 0 Å². The number of nitrogens with one attached hydrogen (secondary N) is 3. The van der Waals surface area contributed by atoms with E-state index in [0.29, 0.717) is 51.6 Å². The van der Waals surface area contributed by atoms with Gasteiger partial charge >= 0.3 is 0 Å². The molecule has 6 rings (SSSR count). The summed E-state index contributed by atoms with van der Waals surface area (Å²) in [7, 11) is 0. The second-order valence-electron chi connectivity index (χ2n) is 9.43. The predicted molar refractivity (Wildman–Crippen MR) is 143 cm³/mol. The van der Waals surface area contributed by atoms with Crippen LogP contribution in [0, 0.1) is 11.7 Å². The Balaban J connectivity index is 1.38. The van der Waals surface area contributed by atoms with Crippen molar-refractivity contribution in [2.45, 2.75) is 20.3 Å². The van der Waals surface area contributed by atoms with Gasteiger partial charge in [0.25, 0.3) is 0 Å². The number of H-pyrrole nitrogens is 2. The number of imidazole rings is 1. The fourth-order valence-corrected chi connectivity index (χ4v) is 4.38. The number of fused-ring (bicyclic) bond motifs is 2. The van der Waals surface area contributed by atoms with E-state index in [1.54, 1.807) is 24.7 Å². The lowest BCUT2D eigenvalue weighted by atomic mass is 10.1. The second kappa shape index (κ2) is 9.47. The molecule has 6 aromatic rings. The van der Waals surface area contributed by atoms with Crippen LogP contribution < -0.4 is 5.32 Å².